The Morgan fingerprint density at radius 3 is 2.95 bits per heavy atom. The minimum atomic E-state index is -0.622. The van der Waals surface area contributed by atoms with Crippen LogP contribution < -0.4 is 10.1 Å². The highest BCUT2D eigenvalue weighted by atomic mass is 19.1. The molecule has 19 heavy (non-hydrogen) atoms. The van der Waals surface area contributed by atoms with E-state index in [9.17, 15) is 9.18 Å². The van der Waals surface area contributed by atoms with E-state index in [1.165, 1.54) is 25.3 Å². The molecule has 1 aromatic carbocycles. The Labute approximate surface area is 109 Å². The maximum absolute atomic E-state index is 13.7. The molecular formula is C13H14FN3O2. The van der Waals surface area contributed by atoms with Crippen molar-refractivity contribution >= 4 is 5.91 Å². The molecule has 2 aromatic rings. The predicted octanol–water partition coefficient (Wildman–Crippen LogP) is 2.05. The first kappa shape index (κ1) is 13.1. The van der Waals surface area contributed by atoms with Crippen LogP contribution in [-0.2, 0) is 0 Å². The zero-order valence-electron chi connectivity index (χ0n) is 10.6. The molecule has 1 aromatic heterocycles. The van der Waals surface area contributed by atoms with Crippen LogP contribution in [-0.4, -0.2) is 23.0 Å². The highest BCUT2D eigenvalue weighted by Gasteiger charge is 2.20. The Bertz CT molecular complexity index is 569. The lowest BCUT2D eigenvalue weighted by Gasteiger charge is -2.14. The van der Waals surface area contributed by atoms with Gasteiger partial charge in [-0.25, -0.2) is 9.37 Å². The van der Waals surface area contributed by atoms with Gasteiger partial charge >= 0.3 is 0 Å². The zero-order valence-corrected chi connectivity index (χ0v) is 10.6. The number of imidazole rings is 1. The molecule has 2 rings (SSSR count). The molecule has 0 aliphatic heterocycles. The number of aromatic amines is 1. The number of nitrogens with one attached hydrogen (secondary N) is 2. The summed E-state index contributed by atoms with van der Waals surface area (Å²) < 4.78 is 18.7. The van der Waals surface area contributed by atoms with Gasteiger partial charge in [0.1, 0.15) is 23.0 Å². The number of methoxy groups -OCH3 is 1. The second-order valence-corrected chi connectivity index (χ2v) is 3.99. The lowest BCUT2D eigenvalue weighted by atomic mass is 10.1. The largest absolute Gasteiger partial charge is 0.496 e. The zero-order chi connectivity index (χ0) is 13.8. The Morgan fingerprint density at radius 1 is 1.53 bits per heavy atom. The van der Waals surface area contributed by atoms with Crippen molar-refractivity contribution in [1.29, 1.82) is 0 Å². The van der Waals surface area contributed by atoms with Gasteiger partial charge in [-0.05, 0) is 19.1 Å². The number of ether oxygens (including phenoxy) is 1. The van der Waals surface area contributed by atoms with Gasteiger partial charge in [0.05, 0.1) is 13.2 Å². The molecule has 0 radical (unpaired) electrons. The second kappa shape index (κ2) is 5.51. The van der Waals surface area contributed by atoms with E-state index in [1.54, 1.807) is 19.3 Å². The van der Waals surface area contributed by atoms with Gasteiger partial charge in [0.2, 0.25) is 0 Å². The van der Waals surface area contributed by atoms with Crippen LogP contribution in [0.15, 0.2) is 30.6 Å². The van der Waals surface area contributed by atoms with E-state index in [0.717, 1.165) is 0 Å². The molecular weight excluding hydrogens is 249 g/mol. The number of aromatic nitrogens is 2. The molecule has 100 valence electrons. The summed E-state index contributed by atoms with van der Waals surface area (Å²) in [6.45, 7) is 1.75. The highest BCUT2D eigenvalue weighted by Crippen LogP contribution is 2.21. The van der Waals surface area contributed by atoms with Crippen LogP contribution >= 0.6 is 0 Å². The molecule has 0 saturated heterocycles. The molecule has 1 atom stereocenters. The number of rotatable bonds is 4. The van der Waals surface area contributed by atoms with Crippen molar-refractivity contribution < 1.29 is 13.9 Å². The lowest BCUT2D eigenvalue weighted by Crippen LogP contribution is -2.28. The summed E-state index contributed by atoms with van der Waals surface area (Å²) in [6, 6.07) is 3.89. The van der Waals surface area contributed by atoms with Crippen molar-refractivity contribution in [1.82, 2.24) is 15.3 Å². The third kappa shape index (κ3) is 2.73. The average molecular weight is 263 g/mol. The fraction of sp³-hybridized carbons (Fsp3) is 0.231. The van der Waals surface area contributed by atoms with Gasteiger partial charge in [0.25, 0.3) is 5.91 Å². The number of hydrogen-bond donors (Lipinski definition) is 2. The monoisotopic (exact) mass is 263 g/mol. The van der Waals surface area contributed by atoms with Gasteiger partial charge in [0, 0.05) is 12.4 Å². The van der Waals surface area contributed by atoms with E-state index in [2.05, 4.69) is 15.3 Å². The summed E-state index contributed by atoms with van der Waals surface area (Å²) >= 11 is 0. The Balaban J connectivity index is 2.21. The van der Waals surface area contributed by atoms with Crippen molar-refractivity contribution in [3.05, 3.63) is 47.8 Å². The molecule has 5 nitrogen and oxygen atoms in total. The normalized spacial score (nSPS) is 11.9. The summed E-state index contributed by atoms with van der Waals surface area (Å²) in [7, 11) is 1.39. The number of halogens is 1. The van der Waals surface area contributed by atoms with Gasteiger partial charge in [-0.15, -0.1) is 0 Å². The van der Waals surface area contributed by atoms with Gasteiger partial charge in [-0.1, -0.05) is 6.07 Å². The topological polar surface area (TPSA) is 67.0 Å². The van der Waals surface area contributed by atoms with Crippen molar-refractivity contribution in [3.63, 3.8) is 0 Å². The molecule has 0 spiro atoms. The van der Waals surface area contributed by atoms with Crippen LogP contribution in [0.4, 0.5) is 4.39 Å². The quantitative estimate of drug-likeness (QED) is 0.887. The minimum Gasteiger partial charge on any atom is -0.496 e. The van der Waals surface area contributed by atoms with E-state index in [0.29, 0.717) is 5.82 Å². The van der Waals surface area contributed by atoms with Gasteiger partial charge in [0.15, 0.2) is 0 Å². The highest BCUT2D eigenvalue weighted by molar-refractivity contribution is 5.97. The van der Waals surface area contributed by atoms with Crippen molar-refractivity contribution in [2.75, 3.05) is 7.11 Å². The number of carbonyl (C=O) groups excluding carboxylic acids is 1. The number of carbonyl (C=O) groups is 1. The number of H-pyrrole nitrogens is 1. The minimum absolute atomic E-state index is 0.108. The summed E-state index contributed by atoms with van der Waals surface area (Å²) in [5, 5.41) is 2.66. The Kier molecular flexibility index (Phi) is 3.79. The summed E-state index contributed by atoms with van der Waals surface area (Å²) in [5.41, 5.74) is -0.108. The molecule has 1 unspecified atom stereocenters. The molecule has 0 saturated carbocycles. The second-order valence-electron chi connectivity index (χ2n) is 3.99. The Hall–Kier alpha value is -2.37. The van der Waals surface area contributed by atoms with E-state index < -0.39 is 11.7 Å². The van der Waals surface area contributed by atoms with Gasteiger partial charge in [-0.3, -0.25) is 4.79 Å². The molecule has 1 amide bonds. The smallest absolute Gasteiger partial charge is 0.258 e. The average Bonchev–Trinajstić information content (AvgIpc) is 2.92. The molecule has 2 N–H and O–H groups in total. The fourth-order valence-electron chi connectivity index (χ4n) is 1.75. The molecule has 0 fully saturated rings. The standard InChI is InChI=1S/C13H14FN3O2/c1-8(12-15-6-7-16-12)17-13(18)11-9(14)4-3-5-10(11)19-2/h3-8H,1-2H3,(H,15,16)(H,17,18). The number of nitrogens with zero attached hydrogens (tertiary/aromatic N) is 1. The lowest BCUT2D eigenvalue weighted by molar-refractivity contribution is 0.0931. The van der Waals surface area contributed by atoms with E-state index in [1.807, 2.05) is 0 Å². The molecule has 6 heteroatoms. The molecule has 0 aliphatic rings. The van der Waals surface area contributed by atoms with Crippen LogP contribution in [0, 0.1) is 5.82 Å². The van der Waals surface area contributed by atoms with E-state index in [4.69, 9.17) is 4.74 Å². The third-order valence-corrected chi connectivity index (χ3v) is 2.70. The third-order valence-electron chi connectivity index (χ3n) is 2.70. The predicted molar refractivity (Wildman–Crippen MR) is 67.4 cm³/mol. The molecule has 0 bridgehead atoms. The number of benzene rings is 1. The van der Waals surface area contributed by atoms with Crippen LogP contribution in [0.2, 0.25) is 0 Å². The first-order valence-corrected chi connectivity index (χ1v) is 5.76. The van der Waals surface area contributed by atoms with Crippen LogP contribution in [0.3, 0.4) is 0 Å². The maximum atomic E-state index is 13.7. The number of amides is 1. The molecule has 0 aliphatic carbocycles. The summed E-state index contributed by atoms with van der Waals surface area (Å²) in [5.74, 6) is -0.366. The fourth-order valence-corrected chi connectivity index (χ4v) is 1.75. The van der Waals surface area contributed by atoms with Crippen molar-refractivity contribution in [2.24, 2.45) is 0 Å². The SMILES string of the molecule is COc1cccc(F)c1C(=O)NC(C)c1ncc[nH]1. The Morgan fingerprint density at radius 2 is 2.32 bits per heavy atom. The number of hydrogen-bond acceptors (Lipinski definition) is 3. The summed E-state index contributed by atoms with van der Waals surface area (Å²) in [6.07, 6.45) is 3.24. The van der Waals surface area contributed by atoms with E-state index >= 15 is 0 Å². The van der Waals surface area contributed by atoms with Gasteiger partial charge in [-0.2, -0.15) is 0 Å². The van der Waals surface area contributed by atoms with Crippen molar-refractivity contribution in [2.45, 2.75) is 13.0 Å². The first-order valence-electron chi connectivity index (χ1n) is 5.76. The van der Waals surface area contributed by atoms with Crippen LogP contribution in [0.25, 0.3) is 0 Å². The van der Waals surface area contributed by atoms with Crippen molar-refractivity contribution in [3.8, 4) is 5.75 Å². The van der Waals surface area contributed by atoms with Gasteiger partial charge < -0.3 is 15.0 Å². The first-order chi connectivity index (χ1) is 9.13. The van der Waals surface area contributed by atoms with Crippen LogP contribution in [0.5, 0.6) is 5.75 Å². The molecule has 1 heterocycles. The van der Waals surface area contributed by atoms with Crippen LogP contribution in [0.1, 0.15) is 29.1 Å². The summed E-state index contributed by atoms with van der Waals surface area (Å²) in [4.78, 5) is 19.0. The van der Waals surface area contributed by atoms with E-state index in [-0.39, 0.29) is 17.4 Å². The maximum Gasteiger partial charge on any atom is 0.258 e.